The zero-order valence-corrected chi connectivity index (χ0v) is 21.7. The van der Waals surface area contributed by atoms with E-state index >= 15 is 0 Å². The number of anilines is 1. The maximum atomic E-state index is 13.4. The fourth-order valence-corrected chi connectivity index (χ4v) is 4.96. The third-order valence-electron chi connectivity index (χ3n) is 5.57. The molecule has 0 fully saturated rings. The van der Waals surface area contributed by atoms with Crippen LogP contribution in [0.15, 0.2) is 113 Å². The first-order valence-corrected chi connectivity index (χ1v) is 13.3. The maximum Gasteiger partial charge on any atom is 0.269 e. The summed E-state index contributed by atoms with van der Waals surface area (Å²) in [7, 11) is -4.12. The molecule has 0 aromatic heterocycles. The molecule has 0 saturated carbocycles. The molecule has 1 amide bonds. The average Bonchev–Trinajstić information content (AvgIpc) is 2.96. The molecule has 4 aromatic carbocycles. The highest BCUT2D eigenvalue weighted by atomic mass is 32.2. The molecule has 0 atom stereocenters. The third-order valence-corrected chi connectivity index (χ3v) is 7.36. The van der Waals surface area contributed by atoms with E-state index in [0.717, 1.165) is 22.0 Å². The normalized spacial score (nSPS) is 11.2. The number of nitro benzene ring substituents is 1. The molecule has 0 spiro atoms. The van der Waals surface area contributed by atoms with Gasteiger partial charge in [0.15, 0.2) is 0 Å². The number of nitrogens with one attached hydrogen (secondary N) is 1. The first kappa shape index (κ1) is 27.9. The molecule has 4 aromatic rings. The highest BCUT2D eigenvalue weighted by Gasteiger charge is 2.27. The molecule has 12 heteroatoms. The van der Waals surface area contributed by atoms with Crippen LogP contribution in [-0.4, -0.2) is 32.0 Å². The number of carbonyl (C=O) groups is 1. The summed E-state index contributed by atoms with van der Waals surface area (Å²) < 4.78 is 46.5. The third kappa shape index (κ3) is 7.26. The Morgan fingerprint density at radius 2 is 1.60 bits per heavy atom. The molecule has 0 aliphatic rings. The van der Waals surface area contributed by atoms with Crippen molar-refractivity contribution in [3.63, 3.8) is 0 Å². The lowest BCUT2D eigenvalue weighted by molar-refractivity contribution is -0.384. The van der Waals surface area contributed by atoms with Gasteiger partial charge in [0.1, 0.15) is 24.7 Å². The van der Waals surface area contributed by atoms with Crippen LogP contribution in [-0.2, 0) is 21.4 Å². The Morgan fingerprint density at radius 3 is 2.23 bits per heavy atom. The van der Waals surface area contributed by atoms with Crippen LogP contribution in [0.3, 0.4) is 0 Å². The summed E-state index contributed by atoms with van der Waals surface area (Å²) in [5.41, 5.74) is 3.83. The van der Waals surface area contributed by atoms with Crippen molar-refractivity contribution in [1.29, 1.82) is 0 Å². The first-order chi connectivity index (χ1) is 19.2. The largest absolute Gasteiger partial charge is 0.489 e. The molecule has 40 heavy (non-hydrogen) atoms. The molecule has 0 aliphatic heterocycles. The van der Waals surface area contributed by atoms with Crippen LogP contribution in [0, 0.1) is 15.9 Å². The summed E-state index contributed by atoms with van der Waals surface area (Å²) in [6.07, 6.45) is 1.38. The van der Waals surface area contributed by atoms with Crippen molar-refractivity contribution < 1.29 is 27.3 Å². The number of hydrogen-bond acceptors (Lipinski definition) is 7. The number of carbonyl (C=O) groups excluding carboxylic acids is 1. The van der Waals surface area contributed by atoms with E-state index in [1.165, 1.54) is 42.6 Å². The van der Waals surface area contributed by atoms with E-state index in [4.69, 9.17) is 4.74 Å². The van der Waals surface area contributed by atoms with Crippen LogP contribution in [0.2, 0.25) is 0 Å². The van der Waals surface area contributed by atoms with Crippen LogP contribution in [0.5, 0.6) is 5.75 Å². The number of halogens is 1. The van der Waals surface area contributed by atoms with E-state index in [9.17, 15) is 27.7 Å². The van der Waals surface area contributed by atoms with Crippen molar-refractivity contribution in [2.45, 2.75) is 11.5 Å². The number of nitrogens with zero attached hydrogens (tertiary/aromatic N) is 3. The van der Waals surface area contributed by atoms with Crippen molar-refractivity contribution in [2.75, 3.05) is 10.8 Å². The predicted molar refractivity (Wildman–Crippen MR) is 147 cm³/mol. The van der Waals surface area contributed by atoms with Gasteiger partial charge in [-0.3, -0.25) is 19.2 Å². The van der Waals surface area contributed by atoms with Crippen LogP contribution < -0.4 is 14.5 Å². The second-order valence-electron chi connectivity index (χ2n) is 8.38. The minimum atomic E-state index is -4.12. The zero-order valence-electron chi connectivity index (χ0n) is 20.9. The van der Waals surface area contributed by atoms with Crippen LogP contribution in [0.4, 0.5) is 15.8 Å². The summed E-state index contributed by atoms with van der Waals surface area (Å²) in [5, 5.41) is 14.6. The second-order valence-corrected chi connectivity index (χ2v) is 10.2. The number of ether oxygens (including phenoxy) is 1. The molecule has 0 heterocycles. The van der Waals surface area contributed by atoms with Gasteiger partial charge in [-0.2, -0.15) is 5.10 Å². The molecule has 1 N–H and O–H groups in total. The number of benzene rings is 4. The molecule has 204 valence electrons. The lowest BCUT2D eigenvalue weighted by Gasteiger charge is -2.23. The average molecular weight is 563 g/mol. The Bertz CT molecular complexity index is 1600. The van der Waals surface area contributed by atoms with Gasteiger partial charge in [-0.25, -0.2) is 18.2 Å². The van der Waals surface area contributed by atoms with Crippen molar-refractivity contribution in [3.8, 4) is 5.75 Å². The summed E-state index contributed by atoms with van der Waals surface area (Å²) in [5.74, 6) is -0.693. The Hall–Kier alpha value is -5.10. The van der Waals surface area contributed by atoms with Gasteiger partial charge >= 0.3 is 0 Å². The van der Waals surface area contributed by atoms with E-state index < -0.39 is 33.2 Å². The molecular weight excluding hydrogens is 539 g/mol. The number of amides is 1. The number of hydrazone groups is 1. The smallest absolute Gasteiger partial charge is 0.269 e. The molecule has 0 bridgehead atoms. The summed E-state index contributed by atoms with van der Waals surface area (Å²) in [6.45, 7) is -0.368. The summed E-state index contributed by atoms with van der Waals surface area (Å²) in [6, 6.07) is 25.2. The number of non-ortho nitro benzene ring substituents is 1. The predicted octanol–water partition coefficient (Wildman–Crippen LogP) is 4.66. The van der Waals surface area contributed by atoms with E-state index in [-0.39, 0.29) is 22.9 Å². The van der Waals surface area contributed by atoms with E-state index in [0.29, 0.717) is 11.3 Å². The second kappa shape index (κ2) is 12.6. The van der Waals surface area contributed by atoms with Crippen LogP contribution in [0.1, 0.15) is 11.1 Å². The van der Waals surface area contributed by atoms with Gasteiger partial charge in [0, 0.05) is 12.1 Å². The van der Waals surface area contributed by atoms with Gasteiger partial charge in [0.25, 0.3) is 21.6 Å². The van der Waals surface area contributed by atoms with Crippen LogP contribution in [0.25, 0.3) is 0 Å². The lowest BCUT2D eigenvalue weighted by atomic mass is 10.2. The SMILES string of the molecule is O=C(CN(c1ccc(F)cc1)S(=O)(=O)c1ccccc1)N/N=C\c1ccc(OCc2ccc([N+](=O)[O-])cc2)cc1. The Morgan fingerprint density at radius 1 is 0.950 bits per heavy atom. The topological polar surface area (TPSA) is 131 Å². The fraction of sp³-hybridized carbons (Fsp3) is 0.0714. The van der Waals surface area contributed by atoms with Gasteiger partial charge in [0.2, 0.25) is 0 Å². The summed E-state index contributed by atoms with van der Waals surface area (Å²) >= 11 is 0. The van der Waals surface area contributed by atoms with Crippen molar-refractivity contribution in [1.82, 2.24) is 5.43 Å². The number of hydrogen-bond donors (Lipinski definition) is 1. The molecular formula is C28H23FN4O6S. The van der Waals surface area contributed by atoms with E-state index in [1.54, 1.807) is 54.6 Å². The zero-order chi connectivity index (χ0) is 28.5. The lowest BCUT2D eigenvalue weighted by Crippen LogP contribution is -2.39. The first-order valence-electron chi connectivity index (χ1n) is 11.8. The molecule has 0 aliphatic carbocycles. The van der Waals surface area contributed by atoms with E-state index in [1.807, 2.05) is 0 Å². The van der Waals surface area contributed by atoms with Gasteiger partial charge in [0.05, 0.1) is 21.7 Å². The van der Waals surface area contributed by atoms with E-state index in [2.05, 4.69) is 10.5 Å². The standard InChI is InChI=1S/C28H23FN4O6S/c29-23-10-14-24(15-11-23)32(40(37,38)27-4-2-1-3-5-27)19-28(34)31-30-18-21-8-16-26(17-9-21)39-20-22-6-12-25(13-7-22)33(35)36/h1-18H,19-20H2,(H,31,34)/b30-18-. The molecule has 10 nitrogen and oxygen atoms in total. The van der Waals surface area contributed by atoms with Crippen LogP contribution >= 0.6 is 0 Å². The molecule has 0 radical (unpaired) electrons. The fourth-order valence-electron chi connectivity index (χ4n) is 3.52. The molecule has 0 unspecified atom stereocenters. The van der Waals surface area contributed by atoms with Crippen molar-refractivity contribution >= 4 is 33.5 Å². The van der Waals surface area contributed by atoms with Crippen molar-refractivity contribution in [3.05, 3.63) is 130 Å². The monoisotopic (exact) mass is 562 g/mol. The van der Waals surface area contributed by atoms with Gasteiger partial charge in [-0.1, -0.05) is 18.2 Å². The van der Waals surface area contributed by atoms with Gasteiger partial charge in [-0.15, -0.1) is 0 Å². The van der Waals surface area contributed by atoms with Gasteiger partial charge in [-0.05, 0) is 83.9 Å². The number of rotatable bonds is 11. The Labute approximate surface area is 229 Å². The quantitative estimate of drug-likeness (QED) is 0.161. The summed E-state index contributed by atoms with van der Waals surface area (Å²) in [4.78, 5) is 22.9. The molecule has 0 saturated heterocycles. The Kier molecular flexibility index (Phi) is 8.82. The van der Waals surface area contributed by atoms with Crippen molar-refractivity contribution in [2.24, 2.45) is 5.10 Å². The minimum absolute atomic E-state index is 0.000429. The van der Waals surface area contributed by atoms with Gasteiger partial charge < -0.3 is 4.74 Å². The number of nitro groups is 1. The maximum absolute atomic E-state index is 13.4. The number of sulfonamides is 1. The molecule has 4 rings (SSSR count). The Balaban J connectivity index is 1.36. The highest BCUT2D eigenvalue weighted by molar-refractivity contribution is 7.92. The highest BCUT2D eigenvalue weighted by Crippen LogP contribution is 2.24. The minimum Gasteiger partial charge on any atom is -0.489 e.